The number of aliphatic hydroxyl groups is 1. The average Bonchev–Trinajstić information content (AvgIpc) is 3.37. The topological polar surface area (TPSA) is 60.4 Å². The zero-order valence-corrected chi connectivity index (χ0v) is 16.4. The van der Waals surface area contributed by atoms with Gasteiger partial charge >= 0.3 is 0 Å². The van der Waals surface area contributed by atoms with Crippen LogP contribution >= 0.6 is 23.3 Å². The van der Waals surface area contributed by atoms with Gasteiger partial charge in [0, 0.05) is 24.0 Å². The monoisotopic (exact) mass is 388 g/mol. The van der Waals surface area contributed by atoms with Gasteiger partial charge in [0.25, 0.3) is 0 Å². The molecule has 1 aliphatic heterocycles. The minimum absolute atomic E-state index is 0.00489. The molecule has 0 saturated heterocycles. The summed E-state index contributed by atoms with van der Waals surface area (Å²) in [5, 5.41) is 17.4. The highest BCUT2D eigenvalue weighted by Crippen LogP contribution is 2.37. The van der Waals surface area contributed by atoms with Crippen molar-refractivity contribution < 1.29 is 5.11 Å². The van der Waals surface area contributed by atoms with Crippen LogP contribution in [0.25, 0.3) is 5.70 Å². The lowest BCUT2D eigenvalue weighted by Crippen LogP contribution is -2.31. The van der Waals surface area contributed by atoms with E-state index in [2.05, 4.69) is 45.4 Å². The lowest BCUT2D eigenvalue weighted by molar-refractivity contribution is 0.262. The molecule has 1 saturated carbocycles. The zero-order valence-electron chi connectivity index (χ0n) is 14.8. The van der Waals surface area contributed by atoms with E-state index in [9.17, 15) is 5.11 Å². The van der Waals surface area contributed by atoms with Crippen molar-refractivity contribution in [2.24, 2.45) is 0 Å². The molecule has 0 spiro atoms. The van der Waals surface area contributed by atoms with E-state index < -0.39 is 0 Å². The molecule has 138 valence electrons. The Hall–Kier alpha value is -1.70. The largest absolute Gasteiger partial charge is 0.394 e. The van der Waals surface area contributed by atoms with Crippen molar-refractivity contribution in [2.75, 3.05) is 11.9 Å². The summed E-state index contributed by atoms with van der Waals surface area (Å²) in [6.07, 6.45) is 4.61. The predicted octanol–water partition coefficient (Wildman–Crippen LogP) is 3.65. The molecule has 0 bridgehead atoms. The molecule has 7 heteroatoms. The van der Waals surface area contributed by atoms with Crippen molar-refractivity contribution in [2.45, 2.75) is 44.1 Å². The quantitative estimate of drug-likeness (QED) is 0.600. The van der Waals surface area contributed by atoms with E-state index in [1.54, 1.807) is 23.3 Å². The van der Waals surface area contributed by atoms with Crippen LogP contribution in [0.5, 0.6) is 0 Å². The Morgan fingerprint density at radius 2 is 2.15 bits per heavy atom. The molecule has 2 aliphatic rings. The highest BCUT2D eigenvalue weighted by atomic mass is 32.2. The molecule has 1 aromatic carbocycles. The first kappa shape index (κ1) is 17.7. The van der Waals surface area contributed by atoms with Gasteiger partial charge in [-0.05, 0) is 37.3 Å². The fraction of sp³-hybridized carbons (Fsp3) is 0.421. The third kappa shape index (κ3) is 4.34. The van der Waals surface area contributed by atoms with Crippen LogP contribution < -0.4 is 10.6 Å². The molecule has 1 atom stereocenters. The number of aromatic nitrogens is 1. The van der Waals surface area contributed by atoms with Gasteiger partial charge in [0.1, 0.15) is 5.69 Å². The number of benzene rings is 1. The first-order valence-electron chi connectivity index (χ1n) is 9.00. The highest BCUT2D eigenvalue weighted by Gasteiger charge is 2.27. The van der Waals surface area contributed by atoms with Gasteiger partial charge in [-0.1, -0.05) is 41.7 Å². The normalized spacial score (nSPS) is 17.5. The molecule has 26 heavy (non-hydrogen) atoms. The predicted molar refractivity (Wildman–Crippen MR) is 110 cm³/mol. The first-order valence-corrected chi connectivity index (χ1v) is 10.8. The van der Waals surface area contributed by atoms with E-state index >= 15 is 0 Å². The summed E-state index contributed by atoms with van der Waals surface area (Å²) >= 11 is 3.55. The molecule has 1 aromatic heterocycles. The van der Waals surface area contributed by atoms with Gasteiger partial charge in [-0.2, -0.15) is 0 Å². The molecule has 2 aromatic rings. The van der Waals surface area contributed by atoms with Crippen molar-refractivity contribution in [1.82, 2.24) is 14.6 Å². The van der Waals surface area contributed by atoms with E-state index in [1.165, 1.54) is 23.3 Å². The van der Waals surface area contributed by atoms with Crippen molar-refractivity contribution in [3.8, 4) is 0 Å². The molecule has 0 radical (unpaired) electrons. The summed E-state index contributed by atoms with van der Waals surface area (Å²) in [5.41, 5.74) is 3.33. The Balaban J connectivity index is 1.50. The van der Waals surface area contributed by atoms with Crippen LogP contribution in [0.15, 0.2) is 36.5 Å². The average molecular weight is 389 g/mol. The lowest BCUT2D eigenvalue weighted by Gasteiger charge is -2.26. The van der Waals surface area contributed by atoms with Gasteiger partial charge in [0.15, 0.2) is 5.13 Å². The zero-order chi connectivity index (χ0) is 17.9. The lowest BCUT2D eigenvalue weighted by atomic mass is 10.2. The van der Waals surface area contributed by atoms with Gasteiger partial charge in [-0.25, -0.2) is 4.98 Å². The van der Waals surface area contributed by atoms with Crippen molar-refractivity contribution in [3.05, 3.63) is 52.7 Å². The summed E-state index contributed by atoms with van der Waals surface area (Å²) in [5.74, 6) is 0.932. The maximum absolute atomic E-state index is 9.43. The van der Waals surface area contributed by atoms with Crippen LogP contribution in [0.3, 0.4) is 0 Å². The summed E-state index contributed by atoms with van der Waals surface area (Å²) in [7, 11) is 0. The number of rotatable bonds is 8. The number of fused-ring (bicyclic) bond motifs is 1. The molecule has 2 heterocycles. The Kier molecular flexibility index (Phi) is 5.38. The first-order chi connectivity index (χ1) is 12.7. The van der Waals surface area contributed by atoms with Gasteiger partial charge in [-0.3, -0.25) is 0 Å². The standard InChI is InChI=1S/C19H24N4OS2/c1-13(11-24)20-16-9-23(25-12-14-5-3-2-4-6-14)10-17-18(16)22-19(26-17)21-15-7-8-15/h2-6,9,13,15,20,24H,7-8,10-12H2,1H3,(H,21,22). The second-order valence-corrected chi connectivity index (χ2v) is 8.91. The van der Waals surface area contributed by atoms with E-state index in [1.807, 2.05) is 13.0 Å². The van der Waals surface area contributed by atoms with Gasteiger partial charge in [0.05, 0.1) is 23.7 Å². The number of anilines is 1. The molecule has 1 aliphatic carbocycles. The summed E-state index contributed by atoms with van der Waals surface area (Å²) < 4.78 is 2.26. The van der Waals surface area contributed by atoms with Crippen molar-refractivity contribution >= 4 is 34.1 Å². The number of hydrogen-bond donors (Lipinski definition) is 3. The van der Waals surface area contributed by atoms with Crippen LogP contribution in [-0.4, -0.2) is 33.1 Å². The van der Waals surface area contributed by atoms with Crippen LogP contribution in [0.2, 0.25) is 0 Å². The van der Waals surface area contributed by atoms with E-state index in [0.717, 1.165) is 28.8 Å². The maximum Gasteiger partial charge on any atom is 0.183 e. The minimum Gasteiger partial charge on any atom is -0.394 e. The number of thiazole rings is 1. The van der Waals surface area contributed by atoms with Gasteiger partial charge in [-0.15, -0.1) is 0 Å². The van der Waals surface area contributed by atoms with E-state index in [-0.39, 0.29) is 12.6 Å². The fourth-order valence-corrected chi connectivity index (χ4v) is 4.80. The second-order valence-electron chi connectivity index (χ2n) is 6.81. The SMILES string of the molecule is CC(CO)NC1=CN(SCc2ccccc2)Cc2sc(NC3CC3)nc21. The fourth-order valence-electron chi connectivity index (χ4n) is 2.76. The Bertz CT molecular complexity index is 773. The molecular weight excluding hydrogens is 364 g/mol. The maximum atomic E-state index is 9.43. The Morgan fingerprint density at radius 3 is 2.88 bits per heavy atom. The molecule has 3 N–H and O–H groups in total. The minimum atomic E-state index is -0.00489. The summed E-state index contributed by atoms with van der Waals surface area (Å²) in [6.45, 7) is 2.93. The third-order valence-corrected chi connectivity index (χ3v) is 6.35. The number of hydrogen-bond acceptors (Lipinski definition) is 7. The second kappa shape index (κ2) is 7.90. The van der Waals surface area contributed by atoms with Gasteiger partial charge < -0.3 is 20.0 Å². The Labute approximate surface area is 162 Å². The smallest absolute Gasteiger partial charge is 0.183 e. The van der Waals surface area contributed by atoms with E-state index in [0.29, 0.717) is 6.04 Å². The van der Waals surface area contributed by atoms with Crippen molar-refractivity contribution in [3.63, 3.8) is 0 Å². The van der Waals surface area contributed by atoms with Crippen LogP contribution in [0, 0.1) is 0 Å². The Morgan fingerprint density at radius 1 is 1.35 bits per heavy atom. The molecule has 1 fully saturated rings. The summed E-state index contributed by atoms with van der Waals surface area (Å²) in [6, 6.07) is 11.1. The number of nitrogens with one attached hydrogen (secondary N) is 2. The molecule has 1 unspecified atom stereocenters. The molecule has 5 nitrogen and oxygen atoms in total. The summed E-state index contributed by atoms with van der Waals surface area (Å²) in [4.78, 5) is 6.08. The third-order valence-electron chi connectivity index (χ3n) is 4.35. The highest BCUT2D eigenvalue weighted by molar-refractivity contribution is 7.96. The molecular formula is C19H24N4OS2. The van der Waals surface area contributed by atoms with Crippen LogP contribution in [-0.2, 0) is 12.3 Å². The number of aliphatic hydroxyl groups excluding tert-OH is 1. The molecule has 0 amide bonds. The van der Waals surface area contributed by atoms with Crippen LogP contribution in [0.4, 0.5) is 5.13 Å². The van der Waals surface area contributed by atoms with Crippen molar-refractivity contribution in [1.29, 1.82) is 0 Å². The van der Waals surface area contributed by atoms with Crippen LogP contribution in [0.1, 0.15) is 35.9 Å². The van der Waals surface area contributed by atoms with Gasteiger partial charge in [0.2, 0.25) is 0 Å². The van der Waals surface area contributed by atoms with E-state index in [4.69, 9.17) is 4.98 Å². The number of nitrogens with zero attached hydrogens (tertiary/aromatic N) is 2. The molecule has 4 rings (SSSR count).